The smallest absolute Gasteiger partial charge is 0.246 e. The minimum absolute atomic E-state index is 0.123. The molecular weight excluding hydrogens is 414 g/mol. The molecule has 166 valence electrons. The predicted octanol–water partition coefficient (Wildman–Crippen LogP) is 2.34. The summed E-state index contributed by atoms with van der Waals surface area (Å²) in [5.41, 5.74) is 6.53. The van der Waals surface area contributed by atoms with E-state index < -0.39 is 12.0 Å². The second-order valence-electron chi connectivity index (χ2n) is 9.49. The van der Waals surface area contributed by atoms with Crippen molar-refractivity contribution in [3.8, 4) is 5.75 Å². The van der Waals surface area contributed by atoms with Crippen LogP contribution in [0.2, 0.25) is 0 Å². The summed E-state index contributed by atoms with van der Waals surface area (Å²) < 4.78 is 12.1. The quantitative estimate of drug-likeness (QED) is 0.665. The van der Waals surface area contributed by atoms with E-state index in [0.717, 1.165) is 54.9 Å². The lowest BCUT2D eigenvalue weighted by Crippen LogP contribution is -2.34. The molecule has 0 spiro atoms. The van der Waals surface area contributed by atoms with Crippen molar-refractivity contribution < 1.29 is 19.4 Å². The van der Waals surface area contributed by atoms with E-state index in [1.807, 2.05) is 12.3 Å². The van der Waals surface area contributed by atoms with E-state index in [9.17, 15) is 9.90 Å². The third kappa shape index (κ3) is 3.44. The first-order chi connectivity index (χ1) is 15.1. The van der Waals surface area contributed by atoms with E-state index in [0.29, 0.717) is 24.5 Å². The average molecular weight is 444 g/mol. The third-order valence-corrected chi connectivity index (χ3v) is 8.86. The van der Waals surface area contributed by atoms with Crippen LogP contribution in [0, 0.1) is 0 Å². The highest BCUT2D eigenvalue weighted by Crippen LogP contribution is 2.48. The normalized spacial score (nSPS) is 35.0. The zero-order valence-corrected chi connectivity index (χ0v) is 18.4. The van der Waals surface area contributed by atoms with Crippen molar-refractivity contribution in [2.75, 3.05) is 13.2 Å². The summed E-state index contributed by atoms with van der Waals surface area (Å²) in [7, 11) is 0. The van der Waals surface area contributed by atoms with Gasteiger partial charge in [0.15, 0.2) is 0 Å². The summed E-state index contributed by atoms with van der Waals surface area (Å²) in [5, 5.41) is 11.1. The van der Waals surface area contributed by atoms with Crippen LogP contribution in [0.15, 0.2) is 12.3 Å². The predicted molar refractivity (Wildman–Crippen MR) is 117 cm³/mol. The Hall–Kier alpha value is -1.74. The van der Waals surface area contributed by atoms with E-state index in [1.54, 1.807) is 11.3 Å². The van der Waals surface area contributed by atoms with Crippen LogP contribution < -0.4 is 10.5 Å². The number of carbonyl (C=O) groups excluding carboxylic acids is 1. The van der Waals surface area contributed by atoms with Gasteiger partial charge in [-0.3, -0.25) is 9.69 Å². The standard InChI is InChI=1S/C23H29N3O4S/c24-22(28)17(27)9-12-1-6-19-20(12)21-18(7-8-25-23(21)31-19)30-14-4-2-13(3-5-14)26-15-10-29-11-16(15)26/h7-8,12-17,27H,1-6,9-11H2,(H2,24,28)/t12-,13-,14-,15-,16+,17+,26+/m1/s1. The van der Waals surface area contributed by atoms with Crippen LogP contribution in [0.3, 0.4) is 0 Å². The number of thiophene rings is 1. The number of pyridine rings is 1. The molecule has 6 rings (SSSR count). The van der Waals surface area contributed by atoms with E-state index >= 15 is 0 Å². The Labute approximate surface area is 185 Å². The Morgan fingerprint density at radius 2 is 2.06 bits per heavy atom. The topological polar surface area (TPSA) is 97.7 Å². The summed E-state index contributed by atoms with van der Waals surface area (Å²) >= 11 is 1.72. The molecule has 8 heteroatoms. The minimum atomic E-state index is -1.11. The highest BCUT2D eigenvalue weighted by molar-refractivity contribution is 7.19. The maximum absolute atomic E-state index is 11.4. The number of amides is 1. The summed E-state index contributed by atoms with van der Waals surface area (Å²) in [6, 6.07) is 4.00. The van der Waals surface area contributed by atoms with Gasteiger partial charge in [-0.15, -0.1) is 11.3 Å². The molecular formula is C23H29N3O4S. The van der Waals surface area contributed by atoms with Gasteiger partial charge < -0.3 is 20.3 Å². The molecule has 0 aromatic carbocycles. The molecule has 0 unspecified atom stereocenters. The van der Waals surface area contributed by atoms with Crippen LogP contribution in [0.25, 0.3) is 10.2 Å². The molecule has 3 N–H and O–H groups in total. The van der Waals surface area contributed by atoms with Crippen LogP contribution in [-0.2, 0) is 16.0 Å². The van der Waals surface area contributed by atoms with E-state index in [4.69, 9.17) is 15.2 Å². The highest BCUT2D eigenvalue weighted by Gasteiger charge is 2.55. The molecule has 1 saturated carbocycles. The van der Waals surface area contributed by atoms with Gasteiger partial charge in [0, 0.05) is 17.1 Å². The first-order valence-electron chi connectivity index (χ1n) is 11.5. The molecule has 2 aliphatic heterocycles. The molecule has 0 radical (unpaired) electrons. The fraction of sp³-hybridized carbons (Fsp3) is 0.652. The Morgan fingerprint density at radius 1 is 1.29 bits per heavy atom. The van der Waals surface area contributed by atoms with Gasteiger partial charge in [0.1, 0.15) is 16.7 Å². The van der Waals surface area contributed by atoms with Crippen LogP contribution in [0.1, 0.15) is 54.9 Å². The first-order valence-corrected chi connectivity index (χ1v) is 12.3. The van der Waals surface area contributed by atoms with Crippen molar-refractivity contribution in [1.82, 2.24) is 9.88 Å². The maximum Gasteiger partial charge on any atom is 0.246 e. The molecule has 2 saturated heterocycles. The number of hydrogen-bond donors (Lipinski definition) is 2. The van der Waals surface area contributed by atoms with Crippen molar-refractivity contribution in [2.45, 2.75) is 81.2 Å². The van der Waals surface area contributed by atoms with Crippen molar-refractivity contribution >= 4 is 27.5 Å². The Bertz CT molecular complexity index is 992. The Balaban J connectivity index is 1.18. The molecule has 1 amide bonds. The van der Waals surface area contributed by atoms with Crippen LogP contribution in [0.5, 0.6) is 5.75 Å². The van der Waals surface area contributed by atoms with Gasteiger partial charge >= 0.3 is 0 Å². The van der Waals surface area contributed by atoms with Gasteiger partial charge in [-0.2, -0.15) is 0 Å². The number of ether oxygens (including phenoxy) is 2. The first kappa shape index (κ1) is 19.9. The van der Waals surface area contributed by atoms with Crippen LogP contribution in [-0.4, -0.2) is 64.4 Å². The number of nitrogens with two attached hydrogens (primary N) is 1. The summed E-state index contributed by atoms with van der Waals surface area (Å²) in [6.07, 6.45) is 7.72. The Morgan fingerprint density at radius 3 is 2.81 bits per heavy atom. The number of fused-ring (bicyclic) bond motifs is 4. The Kier molecular flexibility index (Phi) is 4.94. The number of carbonyl (C=O) groups is 1. The second kappa shape index (κ2) is 7.69. The lowest BCUT2D eigenvalue weighted by atomic mass is 9.92. The van der Waals surface area contributed by atoms with Gasteiger partial charge in [-0.1, -0.05) is 0 Å². The molecule has 3 fully saturated rings. The van der Waals surface area contributed by atoms with Gasteiger partial charge in [-0.05, 0) is 62.5 Å². The second-order valence-corrected chi connectivity index (χ2v) is 10.6. The van der Waals surface area contributed by atoms with Gasteiger partial charge in [-0.25, -0.2) is 4.98 Å². The fourth-order valence-electron chi connectivity index (χ4n) is 6.09. The van der Waals surface area contributed by atoms with E-state index in [2.05, 4.69) is 9.88 Å². The third-order valence-electron chi connectivity index (χ3n) is 7.69. The van der Waals surface area contributed by atoms with Gasteiger partial charge in [0.05, 0.1) is 36.8 Å². The lowest BCUT2D eigenvalue weighted by Gasteiger charge is -2.31. The molecule has 5 atom stereocenters. The van der Waals surface area contributed by atoms with Crippen LogP contribution in [0.4, 0.5) is 0 Å². The number of aliphatic hydroxyl groups excluding tert-OH is 1. The number of rotatable bonds is 6. The molecule has 0 bridgehead atoms. The number of nitrogens with zero attached hydrogens (tertiary/aromatic N) is 2. The molecule has 31 heavy (non-hydrogen) atoms. The number of aliphatic hydroxyl groups is 1. The number of primary amides is 1. The van der Waals surface area contributed by atoms with Gasteiger partial charge in [0.2, 0.25) is 5.91 Å². The number of aryl methyl sites for hydroxylation is 1. The summed E-state index contributed by atoms with van der Waals surface area (Å²) in [6.45, 7) is 1.82. The van der Waals surface area contributed by atoms with Gasteiger partial charge in [0.25, 0.3) is 0 Å². The fourth-order valence-corrected chi connectivity index (χ4v) is 7.35. The van der Waals surface area contributed by atoms with Crippen molar-refractivity contribution in [3.05, 3.63) is 22.7 Å². The highest BCUT2D eigenvalue weighted by atomic mass is 32.1. The molecule has 7 nitrogen and oxygen atoms in total. The van der Waals surface area contributed by atoms with E-state index in [-0.39, 0.29) is 12.0 Å². The lowest BCUT2D eigenvalue weighted by molar-refractivity contribution is -0.126. The molecule has 4 heterocycles. The number of morpholine rings is 1. The minimum Gasteiger partial charge on any atom is -0.490 e. The van der Waals surface area contributed by atoms with Crippen LogP contribution >= 0.6 is 11.3 Å². The molecule has 2 aromatic rings. The number of hydrogen-bond acceptors (Lipinski definition) is 7. The summed E-state index contributed by atoms with van der Waals surface area (Å²) in [5.74, 6) is 0.377. The van der Waals surface area contributed by atoms with E-state index in [1.165, 1.54) is 23.3 Å². The molecule has 2 aliphatic carbocycles. The van der Waals surface area contributed by atoms with Crippen molar-refractivity contribution in [2.24, 2.45) is 5.73 Å². The average Bonchev–Trinajstić information content (AvgIpc) is 3.13. The maximum atomic E-state index is 11.4. The number of aromatic nitrogens is 1. The zero-order valence-electron chi connectivity index (χ0n) is 17.5. The van der Waals surface area contributed by atoms with Crippen molar-refractivity contribution in [3.63, 3.8) is 0 Å². The largest absolute Gasteiger partial charge is 0.490 e. The van der Waals surface area contributed by atoms with Crippen molar-refractivity contribution in [1.29, 1.82) is 0 Å². The SMILES string of the molecule is NC(=O)[C@@H](O)C[C@H]1CCc2sc3nccc(O[C@H]4CC[C@H]([N@@]5[C@@H]6COC[C@@H]65)CC4)c3c21. The molecule has 2 aromatic heterocycles. The monoisotopic (exact) mass is 443 g/mol. The zero-order chi connectivity index (χ0) is 21.1. The molecule has 4 aliphatic rings. The summed E-state index contributed by atoms with van der Waals surface area (Å²) in [4.78, 5) is 20.9.